The fourth-order valence-electron chi connectivity index (χ4n) is 1.25. The van der Waals surface area contributed by atoms with Crippen molar-refractivity contribution < 1.29 is 10.2 Å². The van der Waals surface area contributed by atoms with Gasteiger partial charge in [-0.25, -0.2) is 15.8 Å². The summed E-state index contributed by atoms with van der Waals surface area (Å²) in [6.45, 7) is 1.44. The fraction of sp³-hybridized carbons (Fsp3) is 0.556. The molecule has 17 heavy (non-hydrogen) atoms. The van der Waals surface area contributed by atoms with Gasteiger partial charge in [0.15, 0.2) is 5.82 Å². The van der Waals surface area contributed by atoms with Crippen molar-refractivity contribution in [1.82, 2.24) is 9.97 Å². The molecule has 0 aliphatic rings. The van der Waals surface area contributed by atoms with Crippen LogP contribution in [0.15, 0.2) is 10.8 Å². The molecule has 1 heterocycles. The maximum absolute atomic E-state index is 9.33. The number of anilines is 2. The Balaban J connectivity index is 3.01. The standard InChI is InChI=1S/C9H16BrN5O2/c1-2-9(3-16,4-17)14-7-6(10)8(15-11)13-5-12-7/h5,16-17H,2-4,11H2,1H3,(H2,12,13,14,15). The van der Waals surface area contributed by atoms with Crippen LogP contribution in [0.4, 0.5) is 11.6 Å². The summed E-state index contributed by atoms with van der Waals surface area (Å²) in [6, 6.07) is 0. The van der Waals surface area contributed by atoms with Crippen molar-refractivity contribution in [2.75, 3.05) is 24.0 Å². The van der Waals surface area contributed by atoms with Gasteiger partial charge in [0.2, 0.25) is 0 Å². The first-order valence-corrected chi connectivity index (χ1v) is 5.88. The third kappa shape index (κ3) is 3.03. The molecule has 0 radical (unpaired) electrons. The minimum Gasteiger partial charge on any atom is -0.394 e. The van der Waals surface area contributed by atoms with Crippen LogP contribution in [0.3, 0.4) is 0 Å². The summed E-state index contributed by atoms with van der Waals surface area (Å²) in [5.74, 6) is 6.16. The van der Waals surface area contributed by atoms with E-state index in [1.54, 1.807) is 0 Å². The highest BCUT2D eigenvalue weighted by atomic mass is 79.9. The molecule has 1 rings (SSSR count). The topological polar surface area (TPSA) is 116 Å². The van der Waals surface area contributed by atoms with Crippen molar-refractivity contribution in [2.45, 2.75) is 18.9 Å². The summed E-state index contributed by atoms with van der Waals surface area (Å²) < 4.78 is 0.544. The molecule has 0 atom stereocenters. The van der Waals surface area contributed by atoms with E-state index in [0.29, 0.717) is 22.5 Å². The lowest BCUT2D eigenvalue weighted by molar-refractivity contribution is 0.132. The third-order valence-electron chi connectivity index (χ3n) is 2.59. The maximum Gasteiger partial charge on any atom is 0.159 e. The zero-order chi connectivity index (χ0) is 12.9. The van der Waals surface area contributed by atoms with Crippen LogP contribution >= 0.6 is 15.9 Å². The minimum absolute atomic E-state index is 0.207. The Bertz CT molecular complexity index is 364. The van der Waals surface area contributed by atoms with Crippen LogP contribution in [0, 0.1) is 0 Å². The van der Waals surface area contributed by atoms with Crippen LogP contribution in [0.25, 0.3) is 0 Å². The summed E-state index contributed by atoms with van der Waals surface area (Å²) in [4.78, 5) is 7.93. The largest absolute Gasteiger partial charge is 0.394 e. The second-order valence-electron chi connectivity index (χ2n) is 3.60. The van der Waals surface area contributed by atoms with Gasteiger partial charge in [-0.2, -0.15) is 0 Å². The van der Waals surface area contributed by atoms with Gasteiger partial charge in [0.25, 0.3) is 0 Å². The van der Waals surface area contributed by atoms with Gasteiger partial charge in [0, 0.05) is 0 Å². The van der Waals surface area contributed by atoms with Gasteiger partial charge in [-0.1, -0.05) is 6.92 Å². The normalized spacial score (nSPS) is 11.4. The highest BCUT2D eigenvalue weighted by molar-refractivity contribution is 9.10. The first kappa shape index (κ1) is 14.1. The molecule has 1 aromatic heterocycles. The fourth-order valence-corrected chi connectivity index (χ4v) is 1.67. The number of nitrogens with one attached hydrogen (secondary N) is 2. The van der Waals surface area contributed by atoms with Gasteiger partial charge >= 0.3 is 0 Å². The van der Waals surface area contributed by atoms with Crippen LogP contribution in [-0.2, 0) is 0 Å². The molecule has 8 heteroatoms. The van der Waals surface area contributed by atoms with Gasteiger partial charge in [-0.05, 0) is 22.4 Å². The maximum atomic E-state index is 9.33. The Labute approximate surface area is 108 Å². The molecular formula is C9H16BrN5O2. The Morgan fingerprint density at radius 2 is 1.94 bits per heavy atom. The van der Waals surface area contributed by atoms with E-state index < -0.39 is 5.54 Å². The zero-order valence-corrected chi connectivity index (χ0v) is 11.0. The summed E-state index contributed by atoms with van der Waals surface area (Å²) >= 11 is 3.29. The lowest BCUT2D eigenvalue weighted by Gasteiger charge is -2.30. The number of hydrogen-bond donors (Lipinski definition) is 5. The zero-order valence-electron chi connectivity index (χ0n) is 9.44. The van der Waals surface area contributed by atoms with E-state index >= 15 is 0 Å². The number of aliphatic hydroxyl groups excluding tert-OH is 2. The van der Waals surface area contributed by atoms with E-state index in [-0.39, 0.29) is 13.2 Å². The van der Waals surface area contributed by atoms with Gasteiger partial charge in [-0.15, -0.1) is 0 Å². The van der Waals surface area contributed by atoms with E-state index in [9.17, 15) is 10.2 Å². The minimum atomic E-state index is -0.817. The van der Waals surface area contributed by atoms with Crippen molar-refractivity contribution in [1.29, 1.82) is 0 Å². The number of hydrogen-bond acceptors (Lipinski definition) is 7. The second-order valence-corrected chi connectivity index (χ2v) is 4.40. The number of aromatic nitrogens is 2. The van der Waals surface area contributed by atoms with Gasteiger partial charge in [-0.3, -0.25) is 0 Å². The molecule has 0 aliphatic carbocycles. The molecule has 0 saturated heterocycles. The van der Waals surface area contributed by atoms with Crippen LogP contribution in [-0.4, -0.2) is 38.9 Å². The van der Waals surface area contributed by atoms with E-state index in [4.69, 9.17) is 5.84 Å². The number of hydrazine groups is 1. The van der Waals surface area contributed by atoms with E-state index in [2.05, 4.69) is 36.6 Å². The molecule has 7 nitrogen and oxygen atoms in total. The van der Waals surface area contributed by atoms with Gasteiger partial charge < -0.3 is 21.0 Å². The molecule has 0 bridgehead atoms. The Hall–Kier alpha value is -0.960. The molecule has 0 fully saturated rings. The molecule has 0 saturated carbocycles. The van der Waals surface area contributed by atoms with Crippen LogP contribution in [0.2, 0.25) is 0 Å². The van der Waals surface area contributed by atoms with Gasteiger partial charge in [0.1, 0.15) is 16.6 Å². The molecule has 0 aliphatic heterocycles. The molecule has 0 unspecified atom stereocenters. The quantitative estimate of drug-likeness (QED) is 0.373. The second kappa shape index (κ2) is 6.10. The number of rotatable bonds is 6. The summed E-state index contributed by atoms with van der Waals surface area (Å²) in [5, 5.41) is 21.7. The summed E-state index contributed by atoms with van der Waals surface area (Å²) in [6.07, 6.45) is 1.87. The van der Waals surface area contributed by atoms with E-state index in [1.807, 2.05) is 6.92 Å². The van der Waals surface area contributed by atoms with Crippen molar-refractivity contribution in [3.63, 3.8) is 0 Å². The van der Waals surface area contributed by atoms with Gasteiger partial charge in [0.05, 0.1) is 18.8 Å². The predicted molar refractivity (Wildman–Crippen MR) is 68.4 cm³/mol. The third-order valence-corrected chi connectivity index (χ3v) is 3.34. The highest BCUT2D eigenvalue weighted by Gasteiger charge is 2.28. The van der Waals surface area contributed by atoms with E-state index in [0.717, 1.165) is 0 Å². The molecule has 96 valence electrons. The van der Waals surface area contributed by atoms with Crippen molar-refractivity contribution in [3.05, 3.63) is 10.8 Å². The average Bonchev–Trinajstić information content (AvgIpc) is 2.38. The number of nitrogen functional groups attached to an aromatic ring is 1. The van der Waals surface area contributed by atoms with Crippen LogP contribution in [0.1, 0.15) is 13.3 Å². The van der Waals surface area contributed by atoms with Crippen LogP contribution < -0.4 is 16.6 Å². The van der Waals surface area contributed by atoms with Crippen LogP contribution in [0.5, 0.6) is 0 Å². The lowest BCUT2D eigenvalue weighted by atomic mass is 9.98. The summed E-state index contributed by atoms with van der Waals surface area (Å²) in [7, 11) is 0. The molecular weight excluding hydrogens is 290 g/mol. The smallest absolute Gasteiger partial charge is 0.159 e. The number of aliphatic hydroxyl groups is 2. The van der Waals surface area contributed by atoms with Crippen molar-refractivity contribution in [2.24, 2.45) is 5.84 Å². The highest BCUT2D eigenvalue weighted by Crippen LogP contribution is 2.28. The Morgan fingerprint density at radius 3 is 2.41 bits per heavy atom. The molecule has 0 spiro atoms. The molecule has 0 aromatic carbocycles. The average molecular weight is 306 g/mol. The first-order valence-electron chi connectivity index (χ1n) is 5.09. The number of halogens is 1. The molecule has 0 amide bonds. The van der Waals surface area contributed by atoms with Crippen molar-refractivity contribution >= 4 is 27.6 Å². The molecule has 1 aromatic rings. The number of nitrogens with two attached hydrogens (primary N) is 1. The predicted octanol–water partition coefficient (Wildman–Crippen LogP) is 0.0700. The summed E-state index contributed by atoms with van der Waals surface area (Å²) in [5.41, 5.74) is 1.60. The van der Waals surface area contributed by atoms with Crippen molar-refractivity contribution in [3.8, 4) is 0 Å². The van der Waals surface area contributed by atoms with E-state index in [1.165, 1.54) is 6.33 Å². The lowest BCUT2D eigenvalue weighted by Crippen LogP contribution is -2.45. The first-order chi connectivity index (χ1) is 8.12. The Morgan fingerprint density at radius 1 is 1.35 bits per heavy atom. The monoisotopic (exact) mass is 305 g/mol. The Kier molecular flexibility index (Phi) is 5.06. The number of nitrogens with zero attached hydrogens (tertiary/aromatic N) is 2. The molecule has 6 N–H and O–H groups in total. The SMILES string of the molecule is CCC(CO)(CO)Nc1ncnc(NN)c1Br.